The van der Waals surface area contributed by atoms with Crippen LogP contribution in [0.5, 0.6) is 0 Å². The first-order chi connectivity index (χ1) is 30.6. The number of rotatable bonds is 9. The first-order valence-corrected chi connectivity index (χ1v) is 25.6. The average molecular weight is 899 g/mol. The third kappa shape index (κ3) is 7.41. The van der Waals surface area contributed by atoms with Crippen LogP contribution in [-0.2, 0) is 35.1 Å². The van der Waals surface area contributed by atoms with Crippen molar-refractivity contribution in [2.45, 2.75) is 158 Å². The van der Waals surface area contributed by atoms with E-state index >= 15 is 4.79 Å². The second kappa shape index (κ2) is 16.9. The van der Waals surface area contributed by atoms with Crippen LogP contribution in [0.2, 0.25) is 0 Å². The van der Waals surface area contributed by atoms with Crippen LogP contribution < -0.4 is 0 Å². The van der Waals surface area contributed by atoms with Gasteiger partial charge in [-0.2, -0.15) is 9.59 Å². The van der Waals surface area contributed by atoms with Gasteiger partial charge in [0.05, 0.1) is 30.0 Å². The lowest BCUT2D eigenvalue weighted by atomic mass is 9.32. The van der Waals surface area contributed by atoms with Crippen molar-refractivity contribution >= 4 is 23.9 Å². The first-order valence-electron chi connectivity index (χ1n) is 25.6. The molecule has 0 radical (unpaired) electrons. The Bertz CT molecular complexity index is 2000. The summed E-state index contributed by atoms with van der Waals surface area (Å²) in [6, 6.07) is 10.7. The lowest BCUT2D eigenvalue weighted by molar-refractivity contribution is -0.253. The highest BCUT2D eigenvalue weighted by molar-refractivity contribution is 5.85. The van der Waals surface area contributed by atoms with Gasteiger partial charge in [-0.15, -0.1) is 0 Å². The molecule has 1 heterocycles. The molecule has 1 aromatic rings. The lowest BCUT2D eigenvalue weighted by Crippen LogP contribution is -2.68. The van der Waals surface area contributed by atoms with Gasteiger partial charge in [0.25, 0.3) is 0 Å². The minimum absolute atomic E-state index is 0.0344. The third-order valence-corrected chi connectivity index (χ3v) is 22.1. The molecule has 10 nitrogen and oxygen atoms in total. The van der Waals surface area contributed by atoms with E-state index in [1.807, 2.05) is 0 Å². The predicted octanol–water partition coefficient (Wildman–Crippen LogP) is 8.76. The topological polar surface area (TPSA) is 142 Å². The maximum Gasteiger partial charge on any atom is 0.373 e. The lowest BCUT2D eigenvalue weighted by Gasteiger charge is -2.73. The Morgan fingerprint density at radius 2 is 1.34 bits per heavy atom. The molecule has 0 spiro atoms. The van der Waals surface area contributed by atoms with Gasteiger partial charge in [-0.25, -0.2) is 0 Å². The molecule has 12 atom stereocenters. The van der Waals surface area contributed by atoms with E-state index in [2.05, 4.69) is 90.6 Å². The van der Waals surface area contributed by atoms with Crippen molar-refractivity contribution < 1.29 is 38.9 Å². The molecule has 7 aliphatic carbocycles. The Balaban J connectivity index is 0.00000187. The van der Waals surface area contributed by atoms with Crippen LogP contribution in [0, 0.1) is 84.7 Å². The minimum Gasteiger partial charge on any atom is -0.462 e. The number of esters is 1. The molecule has 7 saturated carbocycles. The van der Waals surface area contributed by atoms with Crippen LogP contribution in [0.15, 0.2) is 30.3 Å². The number of fused-ring (bicyclic) bond motifs is 7. The van der Waals surface area contributed by atoms with Crippen molar-refractivity contribution in [3.05, 3.63) is 35.9 Å². The van der Waals surface area contributed by atoms with E-state index in [1.165, 1.54) is 44.1 Å². The molecule has 2 N–H and O–H groups in total. The summed E-state index contributed by atoms with van der Waals surface area (Å²) in [5, 5.41) is 19.9. The number of amides is 2. The van der Waals surface area contributed by atoms with E-state index in [-0.39, 0.29) is 62.5 Å². The number of nitrogens with zero attached hydrogens (tertiary/aromatic N) is 2. The predicted molar refractivity (Wildman–Crippen MR) is 247 cm³/mol. The van der Waals surface area contributed by atoms with Crippen molar-refractivity contribution in [1.29, 1.82) is 0 Å². The highest BCUT2D eigenvalue weighted by Crippen LogP contribution is 2.79. The van der Waals surface area contributed by atoms with Crippen molar-refractivity contribution in [3.63, 3.8) is 0 Å². The number of hydrogen-bond donors (Lipinski definition) is 2. The smallest absolute Gasteiger partial charge is 0.373 e. The Morgan fingerprint density at radius 1 is 0.708 bits per heavy atom. The highest BCUT2D eigenvalue weighted by atomic mass is 16.5. The quantitative estimate of drug-likeness (QED) is 0.235. The van der Waals surface area contributed by atoms with E-state index in [0.717, 1.165) is 51.4 Å². The van der Waals surface area contributed by atoms with Gasteiger partial charge < -0.3 is 24.7 Å². The molecule has 8 fully saturated rings. The molecule has 9 rings (SSSR count). The molecular weight excluding hydrogens is 817 g/mol. The number of benzene rings is 1. The number of carbonyl (C=O) groups is 3. The number of carbonyl (C=O) groups excluding carboxylic acids is 5. The molecule has 1 saturated heterocycles. The van der Waals surface area contributed by atoms with E-state index in [9.17, 15) is 19.8 Å². The molecule has 1 aliphatic heterocycles. The number of aliphatic hydroxyl groups excluding tert-OH is 2. The zero-order chi connectivity index (χ0) is 47.2. The molecule has 2 amide bonds. The fourth-order valence-electron chi connectivity index (χ4n) is 17.4. The zero-order valence-electron chi connectivity index (χ0n) is 41.4. The highest BCUT2D eigenvalue weighted by Gasteiger charge is 2.74. The molecule has 0 aromatic heterocycles. The van der Waals surface area contributed by atoms with Crippen molar-refractivity contribution in [2.24, 2.45) is 84.7 Å². The summed E-state index contributed by atoms with van der Waals surface area (Å²) < 4.78 is 6.71. The zero-order valence-corrected chi connectivity index (χ0v) is 41.4. The summed E-state index contributed by atoms with van der Waals surface area (Å²) in [6.07, 6.45) is 15.8. The van der Waals surface area contributed by atoms with Crippen molar-refractivity contribution in [1.82, 2.24) is 9.80 Å². The standard InChI is InChI=1S/C54H82N2O6.CO2/c1-47(2)36(31-35-13-11-10-12-14-35)32-39(47)44(59)62-42-19-20-51(7)40(48(42,3)4)18-21-53(9)41(51)16-15-38-43-37(49(5)23-24-49)17-22-54(43,26-25-52(38,53)8)46(61)56-29-27-55(28-30-56)45(60)50(6,33-57)34-58;2-1-3/h10-14,36-43,57-58H,15-34H2,1-9H3;/t36-,37-,38-,39-,40+,41-,42+,43-,51+,52-,53-,54+;/m1./s1. The number of aliphatic hydroxyl groups is 2. The first kappa shape index (κ1) is 48.4. The normalized spacial score (nSPS) is 40.8. The Morgan fingerprint density at radius 3 is 1.94 bits per heavy atom. The molecule has 360 valence electrons. The van der Waals surface area contributed by atoms with E-state index in [1.54, 1.807) is 11.8 Å². The van der Waals surface area contributed by atoms with Crippen molar-refractivity contribution in [2.75, 3.05) is 39.4 Å². The van der Waals surface area contributed by atoms with Crippen LogP contribution in [0.3, 0.4) is 0 Å². The van der Waals surface area contributed by atoms with Crippen LogP contribution in [0.1, 0.15) is 151 Å². The summed E-state index contributed by atoms with van der Waals surface area (Å²) >= 11 is 0. The van der Waals surface area contributed by atoms with E-state index in [0.29, 0.717) is 73.0 Å². The van der Waals surface area contributed by atoms with Gasteiger partial charge in [-0.3, -0.25) is 14.4 Å². The van der Waals surface area contributed by atoms with Crippen LogP contribution >= 0.6 is 0 Å². The van der Waals surface area contributed by atoms with Crippen LogP contribution in [0.25, 0.3) is 0 Å². The van der Waals surface area contributed by atoms with E-state index in [4.69, 9.17) is 14.3 Å². The number of hydrogen-bond acceptors (Lipinski definition) is 8. The summed E-state index contributed by atoms with van der Waals surface area (Å²) in [5.41, 5.74) is 0.486. The average Bonchev–Trinajstić information content (AvgIpc) is 3.90. The monoisotopic (exact) mass is 899 g/mol. The maximum atomic E-state index is 15.3. The van der Waals surface area contributed by atoms with Crippen molar-refractivity contribution in [3.8, 4) is 0 Å². The van der Waals surface area contributed by atoms with Crippen LogP contribution in [0.4, 0.5) is 0 Å². The van der Waals surface area contributed by atoms with Gasteiger partial charge in [0, 0.05) is 31.6 Å². The molecule has 65 heavy (non-hydrogen) atoms. The molecule has 10 heteroatoms. The minimum atomic E-state index is -1.20. The van der Waals surface area contributed by atoms with Gasteiger partial charge in [0.15, 0.2) is 0 Å². The van der Waals surface area contributed by atoms with Gasteiger partial charge in [0.1, 0.15) is 6.10 Å². The summed E-state index contributed by atoms with van der Waals surface area (Å²) in [6.45, 7) is 22.7. The maximum absolute atomic E-state index is 15.3. The summed E-state index contributed by atoms with van der Waals surface area (Å²) in [5.74, 6) is 3.20. The summed E-state index contributed by atoms with van der Waals surface area (Å²) in [4.78, 5) is 62.8. The van der Waals surface area contributed by atoms with Gasteiger partial charge in [-0.05, 0) is 165 Å². The summed E-state index contributed by atoms with van der Waals surface area (Å²) in [7, 11) is 0. The van der Waals surface area contributed by atoms with E-state index < -0.39 is 18.6 Å². The number of piperazine rings is 1. The van der Waals surface area contributed by atoms with Gasteiger partial charge >= 0.3 is 12.1 Å². The number of ether oxygens (including phenoxy) is 1. The molecular formula is C55H82N2O8. The Labute approximate surface area is 389 Å². The van der Waals surface area contributed by atoms with Crippen LogP contribution in [-0.4, -0.2) is 89.4 Å². The second-order valence-electron chi connectivity index (χ2n) is 25.5. The second-order valence-corrected chi connectivity index (χ2v) is 25.5. The Kier molecular flexibility index (Phi) is 12.6. The fourth-order valence-corrected chi connectivity index (χ4v) is 17.4. The third-order valence-electron chi connectivity index (χ3n) is 22.1. The van der Waals surface area contributed by atoms with Gasteiger partial charge in [0.2, 0.25) is 11.8 Å². The largest absolute Gasteiger partial charge is 0.462 e. The SMILES string of the molecule is CC(CO)(CO)C(=O)N1CCN(C(=O)[C@]23CC[C@@H](C4(C)CC4)[C@@H]2[C@H]2CC[C@@H]4[C@@]5(C)CC[C@H](OC(=O)[C@H]6C[C@@H](Cc7ccccc7)C6(C)C)C(C)(C)[C@@H]5CC[C@@]4(C)[C@]2(C)CC3)CC1.O=C=O. The Hall–Kier alpha value is -3.07. The molecule has 0 bridgehead atoms. The fraction of sp³-hybridized carbons (Fsp3) is 0.818. The van der Waals surface area contributed by atoms with Gasteiger partial charge in [-0.1, -0.05) is 85.7 Å². The molecule has 1 aromatic carbocycles. The molecule has 0 unspecified atom stereocenters. The molecule has 8 aliphatic rings.